The fourth-order valence-corrected chi connectivity index (χ4v) is 6.45. The number of ether oxygens (including phenoxy) is 1. The van der Waals surface area contributed by atoms with Crippen LogP contribution >= 0.6 is 27.3 Å². The lowest BCUT2D eigenvalue weighted by Gasteiger charge is -2.24. The number of amides is 1. The Balaban J connectivity index is 1.65. The molecule has 1 fully saturated rings. The van der Waals surface area contributed by atoms with Gasteiger partial charge in [-0.3, -0.25) is 18.9 Å². The fraction of sp³-hybridized carbons (Fsp3) is 0.143. The number of hydrogen-bond donors (Lipinski definition) is 2. The van der Waals surface area contributed by atoms with E-state index >= 15 is 0 Å². The van der Waals surface area contributed by atoms with Gasteiger partial charge in [0, 0.05) is 6.20 Å². The molecule has 39 heavy (non-hydrogen) atoms. The molecule has 4 heterocycles. The number of hydrogen-bond acceptors (Lipinski definition) is 8. The third kappa shape index (κ3) is 3.88. The van der Waals surface area contributed by atoms with Gasteiger partial charge in [-0.15, -0.1) is 0 Å². The number of ketones is 1. The number of imidazole rings is 1. The molecule has 2 aromatic carbocycles. The number of carbonyl (C=O) groups is 2. The van der Waals surface area contributed by atoms with E-state index in [1.54, 1.807) is 35.7 Å². The predicted molar refractivity (Wildman–Crippen MR) is 151 cm³/mol. The van der Waals surface area contributed by atoms with Gasteiger partial charge in [0.2, 0.25) is 0 Å². The number of fused-ring (bicyclic) bond motifs is 2. The topological polar surface area (TPSA) is 117 Å². The van der Waals surface area contributed by atoms with Crippen molar-refractivity contribution in [1.82, 2.24) is 14.4 Å². The molecule has 9 nitrogen and oxygen atoms in total. The summed E-state index contributed by atoms with van der Waals surface area (Å²) in [5.74, 6) is -2.05. The number of aromatic hydroxyl groups is 1. The van der Waals surface area contributed by atoms with Crippen LogP contribution in [-0.4, -0.2) is 43.4 Å². The van der Waals surface area contributed by atoms with Crippen LogP contribution in [-0.2, 0) is 9.59 Å². The molecule has 0 aliphatic carbocycles. The number of anilines is 1. The van der Waals surface area contributed by atoms with Crippen molar-refractivity contribution in [1.29, 1.82) is 0 Å². The molecule has 1 atom stereocenters. The highest BCUT2D eigenvalue weighted by Gasteiger charge is 2.49. The van der Waals surface area contributed by atoms with Gasteiger partial charge in [-0.1, -0.05) is 23.5 Å². The normalized spacial score (nSPS) is 17.0. The number of rotatable bonds is 4. The van der Waals surface area contributed by atoms with Gasteiger partial charge in [-0.2, -0.15) is 0 Å². The second kappa shape index (κ2) is 9.21. The number of benzene rings is 2. The van der Waals surface area contributed by atoms with Gasteiger partial charge in [0.05, 0.1) is 39.1 Å². The molecule has 0 radical (unpaired) electrons. The molecular formula is C28H21BrN4O5S. The van der Waals surface area contributed by atoms with Crippen LogP contribution in [0.3, 0.4) is 0 Å². The first-order valence-corrected chi connectivity index (χ1v) is 13.5. The lowest BCUT2D eigenvalue weighted by Crippen LogP contribution is -2.29. The van der Waals surface area contributed by atoms with Gasteiger partial charge in [-0.05, 0) is 77.3 Å². The van der Waals surface area contributed by atoms with Crippen molar-refractivity contribution in [2.45, 2.75) is 19.9 Å². The van der Waals surface area contributed by atoms with Crippen molar-refractivity contribution < 1.29 is 24.5 Å². The van der Waals surface area contributed by atoms with Crippen molar-refractivity contribution in [2.24, 2.45) is 0 Å². The second-order valence-electron chi connectivity index (χ2n) is 9.16. The number of methoxy groups -OCH3 is 1. The zero-order valence-electron chi connectivity index (χ0n) is 21.0. The number of aliphatic hydroxyl groups excluding tert-OH is 1. The van der Waals surface area contributed by atoms with Gasteiger partial charge < -0.3 is 14.9 Å². The lowest BCUT2D eigenvalue weighted by molar-refractivity contribution is -0.132. The zero-order valence-corrected chi connectivity index (χ0v) is 23.4. The van der Waals surface area contributed by atoms with Gasteiger partial charge in [0.15, 0.2) is 22.4 Å². The highest BCUT2D eigenvalue weighted by atomic mass is 79.9. The smallest absolute Gasteiger partial charge is 0.301 e. The van der Waals surface area contributed by atoms with Gasteiger partial charge in [0.25, 0.3) is 5.78 Å². The number of halogens is 1. The van der Waals surface area contributed by atoms with E-state index in [0.29, 0.717) is 37.7 Å². The maximum absolute atomic E-state index is 13.7. The lowest BCUT2D eigenvalue weighted by atomic mass is 9.96. The fourth-order valence-electron chi connectivity index (χ4n) is 4.90. The molecule has 11 heteroatoms. The third-order valence-corrected chi connectivity index (χ3v) is 8.32. The summed E-state index contributed by atoms with van der Waals surface area (Å²) in [6.07, 6.45) is 1.73. The van der Waals surface area contributed by atoms with E-state index in [2.05, 4.69) is 25.9 Å². The molecule has 1 aliphatic rings. The minimum absolute atomic E-state index is 0.121. The first kappa shape index (κ1) is 25.1. The van der Waals surface area contributed by atoms with Crippen LogP contribution in [0.15, 0.2) is 64.8 Å². The predicted octanol–water partition coefficient (Wildman–Crippen LogP) is 5.66. The molecule has 2 N–H and O–H groups in total. The molecule has 1 unspecified atom stereocenters. The zero-order chi connectivity index (χ0) is 27.6. The number of aryl methyl sites for hydroxylation is 2. The Morgan fingerprint density at radius 2 is 1.90 bits per heavy atom. The van der Waals surface area contributed by atoms with Gasteiger partial charge in [-0.25, -0.2) is 9.97 Å². The number of thiazole rings is 1. The summed E-state index contributed by atoms with van der Waals surface area (Å²) in [4.78, 5) is 37.8. The average molecular weight is 605 g/mol. The molecule has 196 valence electrons. The number of nitrogens with zero attached hydrogens (tertiary/aromatic N) is 4. The third-order valence-electron chi connectivity index (χ3n) is 6.70. The molecule has 1 amide bonds. The Morgan fingerprint density at radius 1 is 1.10 bits per heavy atom. The molecule has 0 bridgehead atoms. The molecule has 1 aliphatic heterocycles. The van der Waals surface area contributed by atoms with Crippen LogP contribution in [0, 0.1) is 13.8 Å². The number of carbonyl (C=O) groups excluding carboxylic acids is 2. The monoisotopic (exact) mass is 604 g/mol. The van der Waals surface area contributed by atoms with E-state index in [1.807, 2.05) is 31.2 Å². The number of Topliss-reactive ketones (excluding diaryl/α,β-unsaturated/α-hetero) is 1. The van der Waals surface area contributed by atoms with Crippen LogP contribution in [0.25, 0.3) is 21.6 Å². The van der Waals surface area contributed by atoms with Crippen molar-refractivity contribution in [3.63, 3.8) is 0 Å². The summed E-state index contributed by atoms with van der Waals surface area (Å²) in [5.41, 5.74) is 3.40. The number of phenols is 1. The Labute approximate surface area is 234 Å². The van der Waals surface area contributed by atoms with E-state index in [4.69, 9.17) is 4.74 Å². The highest BCUT2D eigenvalue weighted by molar-refractivity contribution is 9.10. The second-order valence-corrected chi connectivity index (χ2v) is 11.0. The molecule has 1 saturated heterocycles. The Bertz CT molecular complexity index is 1870. The quantitative estimate of drug-likeness (QED) is 0.154. The van der Waals surface area contributed by atoms with Crippen molar-refractivity contribution in [3.05, 3.63) is 87.3 Å². The molecular weight excluding hydrogens is 584 g/mol. The minimum Gasteiger partial charge on any atom is -0.505 e. The minimum atomic E-state index is -1.06. The summed E-state index contributed by atoms with van der Waals surface area (Å²) < 4.78 is 8.18. The first-order chi connectivity index (χ1) is 18.7. The molecule has 6 rings (SSSR count). The maximum Gasteiger partial charge on any atom is 0.301 e. The summed E-state index contributed by atoms with van der Waals surface area (Å²) in [6.45, 7) is 3.69. The average Bonchev–Trinajstić information content (AvgIpc) is 3.55. The van der Waals surface area contributed by atoms with Crippen molar-refractivity contribution in [3.8, 4) is 11.5 Å². The van der Waals surface area contributed by atoms with E-state index in [0.717, 1.165) is 10.3 Å². The van der Waals surface area contributed by atoms with Gasteiger partial charge in [0.1, 0.15) is 11.3 Å². The van der Waals surface area contributed by atoms with E-state index in [9.17, 15) is 19.8 Å². The van der Waals surface area contributed by atoms with Crippen LogP contribution in [0.4, 0.5) is 5.13 Å². The Hall–Kier alpha value is -4.22. The summed E-state index contributed by atoms with van der Waals surface area (Å²) in [5, 5.41) is 22.5. The standard InChI is InChI=1S/C28H21BrN4O5S/c1-13-7-8-17-19(10-13)39-28(31-17)33-23(15-11-16(29)24(34)18(12-15)38-3)21(26(36)27(33)37)25(35)22-14(2)30-20-6-4-5-9-32(20)22/h4-12,23,34-35H,1-3H3. The largest absolute Gasteiger partial charge is 0.505 e. The Kier molecular flexibility index (Phi) is 5.92. The highest BCUT2D eigenvalue weighted by Crippen LogP contribution is 2.47. The van der Waals surface area contributed by atoms with Crippen molar-refractivity contribution >= 4 is 65.7 Å². The number of pyridine rings is 1. The SMILES string of the molecule is COc1cc(C2C(=C(O)c3c(C)nc4ccccn34)C(=O)C(=O)N2c2nc3ccc(C)cc3s2)cc(Br)c1O. The Morgan fingerprint density at radius 3 is 2.67 bits per heavy atom. The maximum atomic E-state index is 13.7. The number of phenolic OH excluding ortho intramolecular Hbond substituents is 1. The van der Waals surface area contributed by atoms with Crippen LogP contribution in [0.1, 0.15) is 28.6 Å². The number of aliphatic hydroxyl groups is 1. The van der Waals surface area contributed by atoms with Crippen LogP contribution < -0.4 is 9.64 Å². The molecule has 3 aromatic heterocycles. The van der Waals surface area contributed by atoms with E-state index < -0.39 is 17.7 Å². The summed E-state index contributed by atoms with van der Waals surface area (Å²) in [6, 6.07) is 13.2. The van der Waals surface area contributed by atoms with Crippen molar-refractivity contribution in [2.75, 3.05) is 12.0 Å². The summed E-state index contributed by atoms with van der Waals surface area (Å²) in [7, 11) is 1.40. The molecule has 0 spiro atoms. The first-order valence-electron chi connectivity index (χ1n) is 11.9. The van der Waals surface area contributed by atoms with Crippen LogP contribution in [0.5, 0.6) is 11.5 Å². The molecule has 0 saturated carbocycles. The number of aromatic nitrogens is 3. The van der Waals surface area contributed by atoms with E-state index in [1.165, 1.54) is 29.4 Å². The molecule has 5 aromatic rings. The summed E-state index contributed by atoms with van der Waals surface area (Å²) >= 11 is 4.62. The van der Waals surface area contributed by atoms with Crippen LogP contribution in [0.2, 0.25) is 0 Å². The van der Waals surface area contributed by atoms with E-state index in [-0.39, 0.29) is 22.8 Å². The van der Waals surface area contributed by atoms with Gasteiger partial charge >= 0.3 is 5.91 Å².